The number of nitrogens with two attached hydrogens (primary N) is 1. The molecule has 2 heterocycles. The molecule has 3 atom stereocenters. The number of carbonyl (C=O) groups is 3. The molecular formula is C15H22N2O4S2. The van der Waals surface area contributed by atoms with E-state index < -0.39 is 16.9 Å². The Kier molecular flexibility index (Phi) is 5.18. The molecule has 0 saturated carbocycles. The Bertz CT molecular complexity index is 583. The number of esters is 1. The average molecular weight is 358 g/mol. The SMILES string of the molecule is CC(=O)SC(N)C1=C(C(=O)OC(C)(C)C)N2C(=O)[C@@H](C)[C@H]2SC1. The number of amides is 1. The molecular weight excluding hydrogens is 336 g/mol. The van der Waals surface area contributed by atoms with Gasteiger partial charge in [0.2, 0.25) is 5.91 Å². The Labute approximate surface area is 144 Å². The van der Waals surface area contributed by atoms with Crippen molar-refractivity contribution < 1.29 is 19.1 Å². The van der Waals surface area contributed by atoms with Gasteiger partial charge in [-0.15, -0.1) is 11.8 Å². The van der Waals surface area contributed by atoms with Gasteiger partial charge in [-0.3, -0.25) is 14.5 Å². The molecule has 1 unspecified atom stereocenters. The zero-order chi connectivity index (χ0) is 17.5. The van der Waals surface area contributed by atoms with E-state index in [9.17, 15) is 14.4 Å². The zero-order valence-electron chi connectivity index (χ0n) is 13.9. The molecule has 1 amide bonds. The summed E-state index contributed by atoms with van der Waals surface area (Å²) in [4.78, 5) is 37.7. The molecule has 0 aromatic carbocycles. The van der Waals surface area contributed by atoms with Gasteiger partial charge < -0.3 is 10.5 Å². The second-order valence-electron chi connectivity index (χ2n) is 6.60. The quantitative estimate of drug-likeness (QED) is 0.466. The number of thioether (sulfide) groups is 2. The molecule has 0 spiro atoms. The van der Waals surface area contributed by atoms with E-state index in [1.165, 1.54) is 11.8 Å². The fourth-order valence-corrected chi connectivity index (χ4v) is 4.72. The molecule has 23 heavy (non-hydrogen) atoms. The van der Waals surface area contributed by atoms with Crippen molar-refractivity contribution in [3.63, 3.8) is 0 Å². The van der Waals surface area contributed by atoms with Crippen LogP contribution < -0.4 is 5.73 Å². The zero-order valence-corrected chi connectivity index (χ0v) is 15.5. The number of carbonyl (C=O) groups excluding carboxylic acids is 3. The number of fused-ring (bicyclic) bond motifs is 1. The summed E-state index contributed by atoms with van der Waals surface area (Å²) < 4.78 is 5.45. The maximum absolute atomic E-state index is 12.6. The first-order chi connectivity index (χ1) is 10.5. The van der Waals surface area contributed by atoms with E-state index in [2.05, 4.69) is 0 Å². The van der Waals surface area contributed by atoms with Crippen LogP contribution in [0.4, 0.5) is 0 Å². The highest BCUT2D eigenvalue weighted by Crippen LogP contribution is 2.45. The fraction of sp³-hybridized carbons (Fsp3) is 0.667. The summed E-state index contributed by atoms with van der Waals surface area (Å²) >= 11 is 2.51. The molecule has 128 valence electrons. The van der Waals surface area contributed by atoms with Gasteiger partial charge in [-0.2, -0.15) is 0 Å². The lowest BCUT2D eigenvalue weighted by Crippen LogP contribution is -2.61. The van der Waals surface area contributed by atoms with Crippen LogP contribution in [0.5, 0.6) is 0 Å². The van der Waals surface area contributed by atoms with Crippen LogP contribution in [-0.2, 0) is 19.1 Å². The molecule has 1 fully saturated rings. The number of ether oxygens (including phenoxy) is 1. The molecule has 2 rings (SSSR count). The molecule has 2 aliphatic rings. The normalized spacial score (nSPS) is 25.7. The van der Waals surface area contributed by atoms with E-state index in [1.54, 1.807) is 32.5 Å². The Balaban J connectivity index is 2.39. The Morgan fingerprint density at radius 1 is 1.43 bits per heavy atom. The largest absolute Gasteiger partial charge is 0.455 e. The molecule has 2 N–H and O–H groups in total. The summed E-state index contributed by atoms with van der Waals surface area (Å²) in [5, 5.41) is -0.862. The van der Waals surface area contributed by atoms with Gasteiger partial charge in [-0.05, 0) is 26.3 Å². The lowest BCUT2D eigenvalue weighted by atomic mass is 9.97. The molecule has 0 aromatic rings. The van der Waals surface area contributed by atoms with Crippen LogP contribution in [-0.4, -0.2) is 44.0 Å². The van der Waals surface area contributed by atoms with Crippen molar-refractivity contribution in [2.75, 3.05) is 5.75 Å². The standard InChI is InChI=1S/C15H22N2O4S2/c1-7-12(19)17-10(14(20)21-15(3,4)5)9(6-22-13(7)17)11(16)23-8(2)18/h7,11,13H,6,16H2,1-5H3/t7-,11?,13-/m1/s1. The van der Waals surface area contributed by atoms with Crippen molar-refractivity contribution in [2.24, 2.45) is 11.7 Å². The van der Waals surface area contributed by atoms with Crippen LogP contribution in [0, 0.1) is 5.92 Å². The summed E-state index contributed by atoms with van der Waals surface area (Å²) in [5.41, 5.74) is 6.20. The van der Waals surface area contributed by atoms with Crippen molar-refractivity contribution in [1.29, 1.82) is 0 Å². The van der Waals surface area contributed by atoms with E-state index in [0.29, 0.717) is 11.3 Å². The maximum Gasteiger partial charge on any atom is 0.355 e. The van der Waals surface area contributed by atoms with Crippen molar-refractivity contribution >= 4 is 40.5 Å². The maximum atomic E-state index is 12.6. The van der Waals surface area contributed by atoms with Crippen LogP contribution in [0.3, 0.4) is 0 Å². The Morgan fingerprint density at radius 3 is 2.57 bits per heavy atom. The van der Waals surface area contributed by atoms with E-state index in [1.807, 2.05) is 6.92 Å². The monoisotopic (exact) mass is 358 g/mol. The van der Waals surface area contributed by atoms with Crippen molar-refractivity contribution in [2.45, 2.75) is 51.0 Å². The summed E-state index contributed by atoms with van der Waals surface area (Å²) in [5.74, 6) is -0.289. The Morgan fingerprint density at radius 2 is 2.04 bits per heavy atom. The molecule has 0 bridgehead atoms. The van der Waals surface area contributed by atoms with E-state index in [-0.39, 0.29) is 28.0 Å². The smallest absolute Gasteiger partial charge is 0.355 e. The van der Waals surface area contributed by atoms with Gasteiger partial charge in [0.15, 0.2) is 5.12 Å². The van der Waals surface area contributed by atoms with Crippen molar-refractivity contribution in [3.8, 4) is 0 Å². The summed E-state index contributed by atoms with van der Waals surface area (Å²) in [6.07, 6.45) is 0. The molecule has 8 heteroatoms. The van der Waals surface area contributed by atoms with Crippen molar-refractivity contribution in [1.82, 2.24) is 4.90 Å². The molecule has 0 aliphatic carbocycles. The van der Waals surface area contributed by atoms with Crippen LogP contribution in [0.15, 0.2) is 11.3 Å². The molecule has 6 nitrogen and oxygen atoms in total. The van der Waals surface area contributed by atoms with E-state index >= 15 is 0 Å². The predicted molar refractivity (Wildman–Crippen MR) is 91.4 cm³/mol. The minimum absolute atomic E-state index is 0.0664. The minimum Gasteiger partial charge on any atom is -0.455 e. The average Bonchev–Trinajstić information content (AvgIpc) is 2.42. The van der Waals surface area contributed by atoms with Gasteiger partial charge in [0, 0.05) is 12.7 Å². The molecule has 1 saturated heterocycles. The van der Waals surface area contributed by atoms with Gasteiger partial charge in [-0.1, -0.05) is 18.7 Å². The lowest BCUT2D eigenvalue weighted by molar-refractivity contribution is -0.159. The van der Waals surface area contributed by atoms with Crippen LogP contribution in [0.25, 0.3) is 0 Å². The summed E-state index contributed by atoms with van der Waals surface area (Å²) in [6, 6.07) is 0. The van der Waals surface area contributed by atoms with Gasteiger partial charge >= 0.3 is 5.97 Å². The van der Waals surface area contributed by atoms with Crippen LogP contribution in [0.2, 0.25) is 0 Å². The molecule has 2 aliphatic heterocycles. The minimum atomic E-state index is -0.674. The highest BCUT2D eigenvalue weighted by atomic mass is 32.2. The molecule has 0 radical (unpaired) electrons. The van der Waals surface area contributed by atoms with Gasteiger partial charge in [0.25, 0.3) is 0 Å². The third kappa shape index (κ3) is 3.75. The first kappa shape index (κ1) is 18.4. The number of nitrogens with zero attached hydrogens (tertiary/aromatic N) is 1. The first-order valence-electron chi connectivity index (χ1n) is 7.37. The van der Waals surface area contributed by atoms with Gasteiger partial charge in [-0.25, -0.2) is 4.79 Å². The van der Waals surface area contributed by atoms with Crippen LogP contribution >= 0.6 is 23.5 Å². The number of hydrogen-bond acceptors (Lipinski definition) is 7. The highest BCUT2D eigenvalue weighted by molar-refractivity contribution is 8.14. The second kappa shape index (κ2) is 6.49. The topological polar surface area (TPSA) is 89.7 Å². The highest BCUT2D eigenvalue weighted by Gasteiger charge is 2.52. The van der Waals surface area contributed by atoms with Gasteiger partial charge in [0.1, 0.15) is 11.3 Å². The summed E-state index contributed by atoms with van der Waals surface area (Å²) in [7, 11) is 0. The van der Waals surface area contributed by atoms with E-state index in [4.69, 9.17) is 10.5 Å². The van der Waals surface area contributed by atoms with Crippen LogP contribution in [0.1, 0.15) is 34.6 Å². The van der Waals surface area contributed by atoms with E-state index in [0.717, 1.165) is 11.8 Å². The predicted octanol–water partition coefficient (Wildman–Crippen LogP) is 1.70. The third-order valence-corrected chi connectivity index (χ3v) is 5.80. The Hall–Kier alpha value is -0.990. The van der Waals surface area contributed by atoms with Crippen molar-refractivity contribution in [3.05, 3.63) is 11.3 Å². The third-order valence-electron chi connectivity index (χ3n) is 3.49. The molecule has 0 aromatic heterocycles. The fourth-order valence-electron chi connectivity index (χ4n) is 2.49. The number of β-lactam (4-membered cyclic amide) rings is 1. The number of rotatable bonds is 3. The second-order valence-corrected chi connectivity index (χ2v) is 9.03. The first-order valence-corrected chi connectivity index (χ1v) is 9.29. The lowest BCUT2D eigenvalue weighted by Gasteiger charge is -2.49. The van der Waals surface area contributed by atoms with Gasteiger partial charge in [0.05, 0.1) is 16.7 Å². The summed E-state index contributed by atoms with van der Waals surface area (Å²) in [6.45, 7) is 8.58. The number of hydrogen-bond donors (Lipinski definition) is 1.